The number of aryl methyl sites for hydroxylation is 1. The van der Waals surface area contributed by atoms with Crippen molar-refractivity contribution >= 4 is 35.5 Å². The molecular formula is C20H23N7O4S. The molecule has 0 spiro atoms. The minimum Gasteiger partial charge on any atom is -0.504 e. The molecule has 0 fully saturated rings. The van der Waals surface area contributed by atoms with E-state index >= 15 is 0 Å². The van der Waals surface area contributed by atoms with Gasteiger partial charge in [0.15, 0.2) is 11.5 Å². The normalized spacial score (nSPS) is 10.8. The number of nitrogen functional groups attached to an aromatic ring is 1. The van der Waals surface area contributed by atoms with Gasteiger partial charge in [0, 0.05) is 5.69 Å². The largest absolute Gasteiger partial charge is 0.504 e. The topological polar surface area (TPSA) is 149 Å². The number of nitrogens with zero attached hydrogens (tertiary/aromatic N) is 4. The fraction of sp³-hybridized carbons (Fsp3) is 0.200. The minimum absolute atomic E-state index is 0.000221. The van der Waals surface area contributed by atoms with Crippen LogP contribution in [0.3, 0.4) is 0 Å². The first-order chi connectivity index (χ1) is 15.4. The van der Waals surface area contributed by atoms with Gasteiger partial charge in [-0.25, -0.2) is 10.1 Å². The molecule has 0 aliphatic carbocycles. The van der Waals surface area contributed by atoms with Crippen LogP contribution in [0.5, 0.6) is 17.2 Å². The number of carbonyl (C=O) groups excluding carboxylic acids is 1. The van der Waals surface area contributed by atoms with E-state index < -0.39 is 0 Å². The Kier molecular flexibility index (Phi) is 7.39. The Morgan fingerprint density at radius 2 is 2.06 bits per heavy atom. The van der Waals surface area contributed by atoms with Crippen LogP contribution < -0.4 is 26.1 Å². The van der Waals surface area contributed by atoms with Crippen molar-refractivity contribution in [2.24, 2.45) is 5.10 Å². The molecule has 2 aromatic carbocycles. The fourth-order valence-corrected chi connectivity index (χ4v) is 3.28. The van der Waals surface area contributed by atoms with E-state index in [0.29, 0.717) is 22.2 Å². The van der Waals surface area contributed by atoms with Crippen molar-refractivity contribution in [3.05, 3.63) is 47.5 Å². The molecule has 11 nitrogen and oxygen atoms in total. The number of aromatic hydroxyl groups is 1. The summed E-state index contributed by atoms with van der Waals surface area (Å²) in [6.45, 7) is 1.88. The summed E-state index contributed by atoms with van der Waals surface area (Å²) in [6.07, 6.45) is 1.48. The van der Waals surface area contributed by atoms with Crippen molar-refractivity contribution in [1.29, 1.82) is 0 Å². The number of nitrogens with two attached hydrogens (primary N) is 1. The minimum atomic E-state index is -0.210. The van der Waals surface area contributed by atoms with Crippen molar-refractivity contribution < 1.29 is 19.4 Å². The number of hydrazone groups is 1. The molecular weight excluding hydrogens is 434 g/mol. The first-order valence-electron chi connectivity index (χ1n) is 9.35. The van der Waals surface area contributed by atoms with Crippen molar-refractivity contribution in [2.45, 2.75) is 12.1 Å². The molecule has 3 aromatic rings. The van der Waals surface area contributed by atoms with Crippen LogP contribution in [0.2, 0.25) is 0 Å². The van der Waals surface area contributed by atoms with Crippen LogP contribution in [0.25, 0.3) is 0 Å². The van der Waals surface area contributed by atoms with Crippen molar-refractivity contribution in [1.82, 2.24) is 14.9 Å². The molecule has 32 heavy (non-hydrogen) atoms. The highest BCUT2D eigenvalue weighted by molar-refractivity contribution is 7.99. The number of ether oxygens (including phenoxy) is 2. The molecule has 3 rings (SSSR count). The van der Waals surface area contributed by atoms with Gasteiger partial charge in [0.2, 0.25) is 11.1 Å². The van der Waals surface area contributed by atoms with E-state index in [2.05, 4.69) is 26.0 Å². The van der Waals surface area contributed by atoms with Crippen molar-refractivity contribution in [2.75, 3.05) is 36.6 Å². The molecule has 0 atom stereocenters. The van der Waals surface area contributed by atoms with Gasteiger partial charge in [0.1, 0.15) is 5.75 Å². The summed E-state index contributed by atoms with van der Waals surface area (Å²) in [5, 5.41) is 24.9. The SMILES string of the molecule is COc1ccc(NC(=O)CSc2nnc(N/N=C/c3ccc(OC)c(O)c3)n2N)c(C)c1. The number of phenolic OH excluding ortho intramolecular Hbond substituents is 1. The summed E-state index contributed by atoms with van der Waals surface area (Å²) in [4.78, 5) is 12.3. The molecule has 0 saturated carbocycles. The van der Waals surface area contributed by atoms with Crippen LogP contribution >= 0.6 is 11.8 Å². The van der Waals surface area contributed by atoms with Crippen molar-refractivity contribution in [3.8, 4) is 17.2 Å². The third-order valence-corrected chi connectivity index (χ3v) is 5.23. The Morgan fingerprint density at radius 3 is 2.75 bits per heavy atom. The monoisotopic (exact) mass is 457 g/mol. The Labute approximate surface area is 188 Å². The molecule has 1 amide bonds. The average Bonchev–Trinajstić information content (AvgIpc) is 3.13. The van der Waals surface area contributed by atoms with Gasteiger partial charge < -0.3 is 25.7 Å². The predicted molar refractivity (Wildman–Crippen MR) is 123 cm³/mol. The molecule has 0 aliphatic heterocycles. The highest BCUT2D eigenvalue weighted by Gasteiger charge is 2.13. The van der Waals surface area contributed by atoms with Gasteiger partial charge in [-0.15, -0.1) is 10.2 Å². The van der Waals surface area contributed by atoms with Gasteiger partial charge in [0.05, 0.1) is 26.2 Å². The number of thioether (sulfide) groups is 1. The van der Waals surface area contributed by atoms with Crippen LogP contribution in [-0.4, -0.2) is 52.1 Å². The van der Waals surface area contributed by atoms with E-state index in [0.717, 1.165) is 23.1 Å². The summed E-state index contributed by atoms with van der Waals surface area (Å²) in [5.74, 6) is 7.13. The van der Waals surface area contributed by atoms with E-state index in [4.69, 9.17) is 15.3 Å². The number of nitrogens with one attached hydrogen (secondary N) is 2. The number of hydrogen-bond acceptors (Lipinski definition) is 10. The maximum atomic E-state index is 12.3. The number of methoxy groups -OCH3 is 2. The summed E-state index contributed by atoms with van der Waals surface area (Å²) in [7, 11) is 3.06. The second-order valence-electron chi connectivity index (χ2n) is 6.50. The lowest BCUT2D eigenvalue weighted by Crippen LogP contribution is -2.17. The molecule has 1 aromatic heterocycles. The summed E-state index contributed by atoms with van der Waals surface area (Å²) in [5.41, 5.74) is 4.90. The molecule has 5 N–H and O–H groups in total. The smallest absolute Gasteiger partial charge is 0.264 e. The molecule has 1 heterocycles. The van der Waals surface area contributed by atoms with Gasteiger partial charge in [-0.3, -0.25) is 4.79 Å². The van der Waals surface area contributed by atoms with Gasteiger partial charge >= 0.3 is 0 Å². The second kappa shape index (κ2) is 10.4. The molecule has 0 unspecified atom stereocenters. The number of rotatable bonds is 9. The number of benzene rings is 2. The first-order valence-corrected chi connectivity index (χ1v) is 10.3. The Morgan fingerprint density at radius 1 is 1.25 bits per heavy atom. The number of aromatic nitrogens is 3. The number of carbonyl (C=O) groups is 1. The Balaban J connectivity index is 1.54. The summed E-state index contributed by atoms with van der Waals surface area (Å²) < 4.78 is 11.4. The maximum Gasteiger partial charge on any atom is 0.264 e. The summed E-state index contributed by atoms with van der Waals surface area (Å²) >= 11 is 1.13. The molecule has 0 bridgehead atoms. The highest BCUT2D eigenvalue weighted by atomic mass is 32.2. The summed E-state index contributed by atoms with van der Waals surface area (Å²) in [6, 6.07) is 10.2. The number of phenols is 1. The molecule has 0 saturated heterocycles. The third kappa shape index (κ3) is 5.60. The van der Waals surface area contributed by atoms with E-state index in [1.54, 1.807) is 31.4 Å². The quantitative estimate of drug-likeness (QED) is 0.164. The maximum absolute atomic E-state index is 12.3. The van der Waals surface area contributed by atoms with Gasteiger partial charge in [-0.05, 0) is 54.4 Å². The fourth-order valence-electron chi connectivity index (χ4n) is 2.62. The number of anilines is 2. The Hall–Kier alpha value is -3.93. The van der Waals surface area contributed by atoms with Crippen LogP contribution in [0.1, 0.15) is 11.1 Å². The average molecular weight is 458 g/mol. The van der Waals surface area contributed by atoms with E-state index in [1.165, 1.54) is 24.1 Å². The van der Waals surface area contributed by atoms with Gasteiger partial charge in [0.25, 0.3) is 5.95 Å². The number of hydrogen-bond donors (Lipinski definition) is 4. The lowest BCUT2D eigenvalue weighted by atomic mass is 10.2. The number of amides is 1. The third-order valence-electron chi connectivity index (χ3n) is 4.29. The predicted octanol–water partition coefficient (Wildman–Crippen LogP) is 2.20. The van der Waals surface area contributed by atoms with E-state index in [-0.39, 0.29) is 23.4 Å². The zero-order valence-corrected chi connectivity index (χ0v) is 18.5. The zero-order valence-electron chi connectivity index (χ0n) is 17.7. The standard InChI is InChI=1S/C20H23N7O4S/c1-12-8-14(30-2)5-6-15(12)23-18(29)11-32-20-26-25-19(27(20)21)24-22-10-13-4-7-17(31-3)16(28)9-13/h4-10,28H,11,21H2,1-3H3,(H,23,29)(H,24,25)/b22-10+. The van der Waals surface area contributed by atoms with E-state index in [9.17, 15) is 9.90 Å². The van der Waals surface area contributed by atoms with Crippen LogP contribution in [-0.2, 0) is 4.79 Å². The molecule has 0 radical (unpaired) electrons. The van der Waals surface area contributed by atoms with Crippen LogP contribution in [0.15, 0.2) is 46.7 Å². The Bertz CT molecular complexity index is 1130. The van der Waals surface area contributed by atoms with Gasteiger partial charge in [-0.1, -0.05) is 11.8 Å². The second-order valence-corrected chi connectivity index (χ2v) is 7.44. The van der Waals surface area contributed by atoms with Crippen LogP contribution in [0, 0.1) is 6.92 Å². The van der Waals surface area contributed by atoms with Gasteiger partial charge in [-0.2, -0.15) is 5.10 Å². The van der Waals surface area contributed by atoms with Crippen LogP contribution in [0.4, 0.5) is 11.6 Å². The lowest BCUT2D eigenvalue weighted by molar-refractivity contribution is -0.113. The molecule has 0 aliphatic rings. The highest BCUT2D eigenvalue weighted by Crippen LogP contribution is 2.25. The lowest BCUT2D eigenvalue weighted by Gasteiger charge is -2.09. The molecule has 12 heteroatoms. The zero-order chi connectivity index (χ0) is 23.1. The first kappa shape index (κ1) is 22.7. The van der Waals surface area contributed by atoms with E-state index in [1.807, 2.05) is 13.0 Å². The molecule has 168 valence electrons. The van der Waals surface area contributed by atoms with Crippen molar-refractivity contribution in [3.63, 3.8) is 0 Å².